The maximum Gasteiger partial charge on any atom is 0.0755 e. The summed E-state index contributed by atoms with van der Waals surface area (Å²) in [5.41, 5.74) is 0.511. The normalized spacial score (nSPS) is 26.1. The van der Waals surface area contributed by atoms with Crippen LogP contribution in [-0.4, -0.2) is 25.8 Å². The summed E-state index contributed by atoms with van der Waals surface area (Å²) in [5.74, 6) is 0. The van der Waals surface area contributed by atoms with E-state index in [0.717, 1.165) is 19.7 Å². The SMILES string of the molecule is CC(C)(C)C(C)(C)C1CNCCO1. The zero-order chi connectivity index (χ0) is 10.1. The van der Waals surface area contributed by atoms with Crippen molar-refractivity contribution in [3.63, 3.8) is 0 Å². The molecule has 0 aliphatic carbocycles. The second-order valence-electron chi connectivity index (χ2n) is 5.54. The fourth-order valence-corrected chi connectivity index (χ4v) is 1.51. The third-order valence-corrected chi connectivity index (χ3v) is 3.67. The summed E-state index contributed by atoms with van der Waals surface area (Å²) in [5, 5.41) is 3.39. The Morgan fingerprint density at radius 3 is 2.15 bits per heavy atom. The van der Waals surface area contributed by atoms with Gasteiger partial charge in [-0.25, -0.2) is 0 Å². The van der Waals surface area contributed by atoms with Crippen molar-refractivity contribution in [1.82, 2.24) is 5.32 Å². The first kappa shape index (κ1) is 11.0. The maximum atomic E-state index is 5.81. The minimum absolute atomic E-state index is 0.223. The van der Waals surface area contributed by atoms with Crippen LogP contribution in [0, 0.1) is 10.8 Å². The minimum Gasteiger partial charge on any atom is -0.375 e. The molecule has 0 aromatic carbocycles. The van der Waals surface area contributed by atoms with Gasteiger partial charge in [0.25, 0.3) is 0 Å². The molecular formula is C11H23NO. The number of morpholine rings is 1. The summed E-state index contributed by atoms with van der Waals surface area (Å²) >= 11 is 0. The number of rotatable bonds is 1. The Morgan fingerprint density at radius 2 is 1.77 bits per heavy atom. The summed E-state index contributed by atoms with van der Waals surface area (Å²) in [7, 11) is 0. The second kappa shape index (κ2) is 3.58. The van der Waals surface area contributed by atoms with Gasteiger partial charge in [-0.15, -0.1) is 0 Å². The third-order valence-electron chi connectivity index (χ3n) is 3.67. The van der Waals surface area contributed by atoms with E-state index < -0.39 is 0 Å². The van der Waals surface area contributed by atoms with Crippen LogP contribution in [0.5, 0.6) is 0 Å². The molecule has 1 rings (SSSR count). The topological polar surface area (TPSA) is 21.3 Å². The minimum atomic E-state index is 0.223. The molecule has 1 aliphatic heterocycles. The van der Waals surface area contributed by atoms with Crippen LogP contribution in [0.25, 0.3) is 0 Å². The van der Waals surface area contributed by atoms with E-state index >= 15 is 0 Å². The van der Waals surface area contributed by atoms with Crippen molar-refractivity contribution in [2.45, 2.75) is 40.7 Å². The third kappa shape index (κ3) is 2.23. The van der Waals surface area contributed by atoms with E-state index in [1.165, 1.54) is 0 Å². The molecule has 0 saturated carbocycles. The van der Waals surface area contributed by atoms with Crippen LogP contribution in [0.2, 0.25) is 0 Å². The first-order valence-corrected chi connectivity index (χ1v) is 5.18. The Hall–Kier alpha value is -0.0800. The van der Waals surface area contributed by atoms with Crippen LogP contribution in [-0.2, 0) is 4.74 Å². The Bertz CT molecular complexity index is 163. The molecule has 2 nitrogen and oxygen atoms in total. The van der Waals surface area contributed by atoms with E-state index in [9.17, 15) is 0 Å². The molecule has 0 radical (unpaired) electrons. The smallest absolute Gasteiger partial charge is 0.0755 e. The van der Waals surface area contributed by atoms with Crippen LogP contribution >= 0.6 is 0 Å². The van der Waals surface area contributed by atoms with Crippen molar-refractivity contribution in [3.05, 3.63) is 0 Å². The Balaban J connectivity index is 2.67. The number of ether oxygens (including phenoxy) is 1. The maximum absolute atomic E-state index is 5.81. The van der Waals surface area contributed by atoms with Crippen molar-refractivity contribution < 1.29 is 4.74 Å². The van der Waals surface area contributed by atoms with Crippen LogP contribution in [0.1, 0.15) is 34.6 Å². The molecule has 1 saturated heterocycles. The van der Waals surface area contributed by atoms with Gasteiger partial charge in [-0.2, -0.15) is 0 Å². The summed E-state index contributed by atoms with van der Waals surface area (Å²) in [6.45, 7) is 14.3. The van der Waals surface area contributed by atoms with Gasteiger partial charge < -0.3 is 10.1 Å². The predicted molar refractivity (Wildman–Crippen MR) is 55.8 cm³/mol. The lowest BCUT2D eigenvalue weighted by Crippen LogP contribution is -2.51. The molecule has 1 heterocycles. The first-order chi connectivity index (χ1) is 5.86. The molecule has 0 spiro atoms. The molecule has 1 fully saturated rings. The lowest BCUT2D eigenvalue weighted by atomic mass is 9.65. The number of hydrogen-bond acceptors (Lipinski definition) is 2. The van der Waals surface area contributed by atoms with Crippen molar-refractivity contribution >= 4 is 0 Å². The Labute approximate surface area is 82.0 Å². The quantitative estimate of drug-likeness (QED) is 0.675. The van der Waals surface area contributed by atoms with E-state index in [1.54, 1.807) is 0 Å². The molecule has 0 amide bonds. The van der Waals surface area contributed by atoms with Gasteiger partial charge in [-0.3, -0.25) is 0 Å². The summed E-state index contributed by atoms with van der Waals surface area (Å²) in [6.07, 6.45) is 0.348. The standard InChI is InChI=1S/C11H23NO/c1-10(2,3)11(4,5)9-8-12-6-7-13-9/h9,12H,6-8H2,1-5H3. The van der Waals surface area contributed by atoms with Gasteiger partial charge in [-0.05, 0) is 10.8 Å². The van der Waals surface area contributed by atoms with Crippen LogP contribution in [0.3, 0.4) is 0 Å². The molecule has 13 heavy (non-hydrogen) atoms. The summed E-state index contributed by atoms with van der Waals surface area (Å²) in [4.78, 5) is 0. The summed E-state index contributed by atoms with van der Waals surface area (Å²) in [6, 6.07) is 0. The molecule has 78 valence electrons. The molecule has 0 aromatic rings. The largest absolute Gasteiger partial charge is 0.375 e. The van der Waals surface area contributed by atoms with Crippen molar-refractivity contribution in [2.24, 2.45) is 10.8 Å². The average molecular weight is 185 g/mol. The molecular weight excluding hydrogens is 162 g/mol. The molecule has 1 aliphatic rings. The molecule has 0 bridgehead atoms. The highest BCUT2D eigenvalue weighted by molar-refractivity contribution is 4.91. The van der Waals surface area contributed by atoms with Gasteiger partial charge in [0.1, 0.15) is 0 Å². The lowest BCUT2D eigenvalue weighted by molar-refractivity contribution is -0.0881. The monoisotopic (exact) mass is 185 g/mol. The second-order valence-corrected chi connectivity index (χ2v) is 5.54. The van der Waals surface area contributed by atoms with Gasteiger partial charge >= 0.3 is 0 Å². The van der Waals surface area contributed by atoms with Crippen molar-refractivity contribution in [3.8, 4) is 0 Å². The fourth-order valence-electron chi connectivity index (χ4n) is 1.51. The molecule has 2 heteroatoms. The van der Waals surface area contributed by atoms with E-state index in [0.29, 0.717) is 6.10 Å². The van der Waals surface area contributed by atoms with Crippen molar-refractivity contribution in [1.29, 1.82) is 0 Å². The van der Waals surface area contributed by atoms with E-state index in [1.807, 2.05) is 0 Å². The Morgan fingerprint density at radius 1 is 1.15 bits per heavy atom. The molecule has 1 N–H and O–H groups in total. The van der Waals surface area contributed by atoms with E-state index in [4.69, 9.17) is 4.74 Å². The highest BCUT2D eigenvalue weighted by Crippen LogP contribution is 2.42. The van der Waals surface area contributed by atoms with Crippen molar-refractivity contribution in [2.75, 3.05) is 19.7 Å². The van der Waals surface area contributed by atoms with E-state index in [-0.39, 0.29) is 10.8 Å². The van der Waals surface area contributed by atoms with Gasteiger partial charge in [0.2, 0.25) is 0 Å². The summed E-state index contributed by atoms with van der Waals surface area (Å²) < 4.78 is 5.81. The fraction of sp³-hybridized carbons (Fsp3) is 1.00. The van der Waals surface area contributed by atoms with Crippen LogP contribution < -0.4 is 5.32 Å². The van der Waals surface area contributed by atoms with Crippen LogP contribution in [0.15, 0.2) is 0 Å². The van der Waals surface area contributed by atoms with Gasteiger partial charge in [-0.1, -0.05) is 34.6 Å². The van der Waals surface area contributed by atoms with Gasteiger partial charge in [0.05, 0.1) is 12.7 Å². The molecule has 1 atom stereocenters. The highest BCUT2D eigenvalue weighted by Gasteiger charge is 2.41. The highest BCUT2D eigenvalue weighted by atomic mass is 16.5. The number of hydrogen-bond donors (Lipinski definition) is 1. The lowest BCUT2D eigenvalue weighted by Gasteiger charge is -2.46. The van der Waals surface area contributed by atoms with Gasteiger partial charge in [0, 0.05) is 13.1 Å². The van der Waals surface area contributed by atoms with Crippen LogP contribution in [0.4, 0.5) is 0 Å². The first-order valence-electron chi connectivity index (χ1n) is 5.18. The number of nitrogens with one attached hydrogen (secondary N) is 1. The zero-order valence-electron chi connectivity index (χ0n) is 9.61. The average Bonchev–Trinajstić information content (AvgIpc) is 2.04. The van der Waals surface area contributed by atoms with E-state index in [2.05, 4.69) is 39.9 Å². The molecule has 0 aromatic heterocycles. The van der Waals surface area contributed by atoms with Gasteiger partial charge in [0.15, 0.2) is 0 Å². The molecule has 1 unspecified atom stereocenters. The Kier molecular flexibility index (Phi) is 3.03. The zero-order valence-corrected chi connectivity index (χ0v) is 9.61. The predicted octanol–water partition coefficient (Wildman–Crippen LogP) is 2.05.